The second kappa shape index (κ2) is 2.77. The number of halogens is 1. The lowest BCUT2D eigenvalue weighted by molar-refractivity contribution is 0.579. The van der Waals surface area contributed by atoms with E-state index >= 15 is 0 Å². The van der Waals surface area contributed by atoms with Crippen LogP contribution in [0.3, 0.4) is 0 Å². The van der Waals surface area contributed by atoms with E-state index < -0.39 is 0 Å². The van der Waals surface area contributed by atoms with E-state index in [9.17, 15) is 0 Å². The smallest absolute Gasteiger partial charge is 0.0963 e. The molecule has 1 nitrogen and oxygen atoms in total. The molecule has 0 aromatic carbocycles. The van der Waals surface area contributed by atoms with Crippen LogP contribution in [0.15, 0.2) is 5.38 Å². The van der Waals surface area contributed by atoms with E-state index in [-0.39, 0.29) is 0 Å². The molecule has 0 fully saturated rings. The van der Waals surface area contributed by atoms with Crippen LogP contribution in [0.5, 0.6) is 0 Å². The molecule has 0 saturated heterocycles. The van der Waals surface area contributed by atoms with Crippen molar-refractivity contribution in [1.29, 1.82) is 0 Å². The molecule has 1 aromatic rings. The van der Waals surface area contributed by atoms with Crippen LogP contribution >= 0.6 is 22.9 Å². The Morgan fingerprint density at radius 3 is 3.27 bits per heavy atom. The molecular formula is C8H10ClNS. The number of hydrogen-bond acceptors (Lipinski definition) is 2. The average Bonchev–Trinajstić information content (AvgIpc) is 2.33. The van der Waals surface area contributed by atoms with Crippen molar-refractivity contribution in [3.63, 3.8) is 0 Å². The SMILES string of the molecule is NC1CCc2csc(Cl)c2C1. The van der Waals surface area contributed by atoms with Gasteiger partial charge in [-0.05, 0) is 35.8 Å². The Hall–Kier alpha value is -0.0500. The Kier molecular flexibility index (Phi) is 1.91. The van der Waals surface area contributed by atoms with Gasteiger partial charge in [-0.3, -0.25) is 0 Å². The zero-order chi connectivity index (χ0) is 7.84. The van der Waals surface area contributed by atoms with Crippen LogP contribution in [0.2, 0.25) is 4.34 Å². The van der Waals surface area contributed by atoms with Gasteiger partial charge >= 0.3 is 0 Å². The molecule has 60 valence electrons. The Bertz CT molecular complexity index is 269. The minimum atomic E-state index is 0.328. The predicted octanol–water partition coefficient (Wildman–Crippen LogP) is 2.22. The highest BCUT2D eigenvalue weighted by Gasteiger charge is 2.18. The van der Waals surface area contributed by atoms with Crippen molar-refractivity contribution in [3.05, 3.63) is 20.8 Å². The molecule has 1 aliphatic carbocycles. The molecule has 0 spiro atoms. The fourth-order valence-electron chi connectivity index (χ4n) is 1.52. The minimum absolute atomic E-state index is 0.328. The van der Waals surface area contributed by atoms with Crippen molar-refractivity contribution in [2.75, 3.05) is 0 Å². The van der Waals surface area contributed by atoms with E-state index in [0.717, 1.165) is 23.6 Å². The molecule has 0 amide bonds. The van der Waals surface area contributed by atoms with Gasteiger partial charge in [0.25, 0.3) is 0 Å². The lowest BCUT2D eigenvalue weighted by Gasteiger charge is -2.18. The van der Waals surface area contributed by atoms with Gasteiger partial charge in [0.15, 0.2) is 0 Å². The van der Waals surface area contributed by atoms with Crippen LogP contribution in [-0.4, -0.2) is 6.04 Å². The molecule has 1 atom stereocenters. The van der Waals surface area contributed by atoms with Crippen LogP contribution in [-0.2, 0) is 12.8 Å². The number of nitrogens with two attached hydrogens (primary N) is 1. The van der Waals surface area contributed by atoms with Gasteiger partial charge in [0.1, 0.15) is 0 Å². The Morgan fingerprint density at radius 2 is 2.45 bits per heavy atom. The van der Waals surface area contributed by atoms with Crippen LogP contribution < -0.4 is 5.73 Å². The summed E-state index contributed by atoms with van der Waals surface area (Å²) in [5, 5.41) is 2.16. The average molecular weight is 188 g/mol. The summed E-state index contributed by atoms with van der Waals surface area (Å²) in [4.78, 5) is 0. The standard InChI is InChI=1S/C8H10ClNS/c9-8-7-3-6(10)2-1-5(7)4-11-8/h4,6H,1-3,10H2. The van der Waals surface area contributed by atoms with Gasteiger partial charge in [-0.2, -0.15) is 0 Å². The minimum Gasteiger partial charge on any atom is -0.327 e. The molecule has 2 N–H and O–H groups in total. The number of aryl methyl sites for hydroxylation is 1. The molecule has 1 aromatic heterocycles. The summed E-state index contributed by atoms with van der Waals surface area (Å²) in [5.41, 5.74) is 8.54. The maximum absolute atomic E-state index is 5.99. The largest absolute Gasteiger partial charge is 0.327 e. The monoisotopic (exact) mass is 187 g/mol. The molecule has 0 bridgehead atoms. The van der Waals surface area contributed by atoms with Crippen molar-refractivity contribution in [2.24, 2.45) is 5.73 Å². The van der Waals surface area contributed by atoms with Gasteiger partial charge in [0, 0.05) is 6.04 Å². The Balaban J connectivity index is 2.37. The third-order valence-corrected chi connectivity index (χ3v) is 3.53. The maximum atomic E-state index is 5.99. The molecule has 0 radical (unpaired) electrons. The first-order chi connectivity index (χ1) is 5.27. The molecular weight excluding hydrogens is 178 g/mol. The number of rotatable bonds is 0. The normalized spacial score (nSPS) is 23.3. The first kappa shape index (κ1) is 7.59. The van der Waals surface area contributed by atoms with Crippen molar-refractivity contribution in [3.8, 4) is 0 Å². The fraction of sp³-hybridized carbons (Fsp3) is 0.500. The summed E-state index contributed by atoms with van der Waals surface area (Å²) >= 11 is 7.62. The van der Waals surface area contributed by atoms with Crippen LogP contribution in [0, 0.1) is 0 Å². The predicted molar refractivity (Wildman–Crippen MR) is 49.3 cm³/mol. The molecule has 0 saturated carbocycles. The van der Waals surface area contributed by atoms with Gasteiger partial charge in [0.05, 0.1) is 4.34 Å². The van der Waals surface area contributed by atoms with Gasteiger partial charge in [-0.15, -0.1) is 11.3 Å². The lowest BCUT2D eigenvalue weighted by atomic mass is 9.92. The van der Waals surface area contributed by atoms with E-state index in [4.69, 9.17) is 17.3 Å². The first-order valence-corrected chi connectivity index (χ1v) is 5.03. The third-order valence-electron chi connectivity index (χ3n) is 2.18. The molecule has 0 aliphatic heterocycles. The first-order valence-electron chi connectivity index (χ1n) is 3.77. The molecule has 2 rings (SSSR count). The highest BCUT2D eigenvalue weighted by atomic mass is 35.5. The second-order valence-corrected chi connectivity index (χ2v) is 4.50. The number of fused-ring (bicyclic) bond motifs is 1. The van der Waals surface area contributed by atoms with Gasteiger partial charge in [-0.1, -0.05) is 11.6 Å². The van der Waals surface area contributed by atoms with E-state index in [1.165, 1.54) is 11.1 Å². The highest BCUT2D eigenvalue weighted by Crippen LogP contribution is 2.32. The molecule has 11 heavy (non-hydrogen) atoms. The summed E-state index contributed by atoms with van der Waals surface area (Å²) in [6, 6.07) is 0.328. The van der Waals surface area contributed by atoms with Crippen molar-refractivity contribution in [2.45, 2.75) is 25.3 Å². The molecule has 1 aliphatic rings. The third kappa shape index (κ3) is 1.31. The molecule has 1 heterocycles. The topological polar surface area (TPSA) is 26.0 Å². The van der Waals surface area contributed by atoms with Crippen LogP contribution in [0.1, 0.15) is 17.5 Å². The summed E-state index contributed by atoms with van der Waals surface area (Å²) in [5.74, 6) is 0. The van der Waals surface area contributed by atoms with E-state index in [1.807, 2.05) is 0 Å². The number of thiophene rings is 1. The summed E-state index contributed by atoms with van der Waals surface area (Å²) in [6.45, 7) is 0. The quantitative estimate of drug-likeness (QED) is 0.663. The van der Waals surface area contributed by atoms with Gasteiger partial charge in [-0.25, -0.2) is 0 Å². The van der Waals surface area contributed by atoms with Crippen molar-refractivity contribution < 1.29 is 0 Å². The van der Waals surface area contributed by atoms with Gasteiger partial charge in [0.2, 0.25) is 0 Å². The summed E-state index contributed by atoms with van der Waals surface area (Å²) in [6.07, 6.45) is 3.19. The number of hydrogen-bond donors (Lipinski definition) is 1. The van der Waals surface area contributed by atoms with E-state index in [1.54, 1.807) is 11.3 Å². The zero-order valence-corrected chi connectivity index (χ0v) is 7.71. The fourth-order valence-corrected chi connectivity index (χ4v) is 2.71. The summed E-state index contributed by atoms with van der Waals surface area (Å²) < 4.78 is 0.940. The van der Waals surface area contributed by atoms with Crippen molar-refractivity contribution in [1.82, 2.24) is 0 Å². The van der Waals surface area contributed by atoms with E-state index in [0.29, 0.717) is 6.04 Å². The Labute approximate surface area is 75.2 Å². The lowest BCUT2D eigenvalue weighted by Crippen LogP contribution is -2.27. The van der Waals surface area contributed by atoms with Crippen LogP contribution in [0.25, 0.3) is 0 Å². The van der Waals surface area contributed by atoms with Gasteiger partial charge < -0.3 is 5.73 Å². The Morgan fingerprint density at radius 1 is 1.64 bits per heavy atom. The van der Waals surface area contributed by atoms with Crippen molar-refractivity contribution >= 4 is 22.9 Å². The highest BCUT2D eigenvalue weighted by molar-refractivity contribution is 7.14. The summed E-state index contributed by atoms with van der Waals surface area (Å²) in [7, 11) is 0. The maximum Gasteiger partial charge on any atom is 0.0963 e. The molecule has 1 unspecified atom stereocenters. The zero-order valence-electron chi connectivity index (χ0n) is 6.14. The second-order valence-electron chi connectivity index (χ2n) is 3.02. The van der Waals surface area contributed by atoms with E-state index in [2.05, 4.69) is 5.38 Å². The molecule has 3 heteroatoms. The van der Waals surface area contributed by atoms with Crippen LogP contribution in [0.4, 0.5) is 0 Å².